The highest BCUT2D eigenvalue weighted by molar-refractivity contribution is 5.61. The van der Waals surface area contributed by atoms with Crippen LogP contribution in [-0.4, -0.2) is 38.0 Å². The van der Waals surface area contributed by atoms with E-state index >= 15 is 0 Å². The van der Waals surface area contributed by atoms with Crippen molar-refractivity contribution in [2.75, 3.05) is 20.3 Å². The standard InChI is InChI=1S/C25H25F2NO5/c1-3-4-13-31-23-14-17(9-10-22(23)30-2)25-28-20(15-33-25)18(11-12-29)19-7-5-6-8-21(19)32-16-24(26)27/h3,5-10,12,14-15,18,24H,1,4,11,13,16H2,2H3. The van der Waals surface area contributed by atoms with Gasteiger partial charge in [0.25, 0.3) is 6.43 Å². The van der Waals surface area contributed by atoms with Crippen molar-refractivity contribution in [1.29, 1.82) is 0 Å². The van der Waals surface area contributed by atoms with Crippen LogP contribution in [-0.2, 0) is 4.79 Å². The van der Waals surface area contributed by atoms with Gasteiger partial charge in [0.15, 0.2) is 11.5 Å². The largest absolute Gasteiger partial charge is 0.493 e. The van der Waals surface area contributed by atoms with E-state index in [1.165, 1.54) is 6.26 Å². The molecule has 6 nitrogen and oxygen atoms in total. The zero-order valence-electron chi connectivity index (χ0n) is 18.2. The summed E-state index contributed by atoms with van der Waals surface area (Å²) < 4.78 is 47.4. The Morgan fingerprint density at radius 1 is 1.12 bits per heavy atom. The number of rotatable bonds is 13. The molecule has 174 valence electrons. The van der Waals surface area contributed by atoms with Gasteiger partial charge in [-0.2, -0.15) is 0 Å². The number of carbonyl (C=O) groups excluding carboxylic acids is 1. The maximum Gasteiger partial charge on any atom is 0.272 e. The fourth-order valence-corrected chi connectivity index (χ4v) is 3.31. The van der Waals surface area contributed by atoms with Crippen LogP contribution < -0.4 is 14.2 Å². The normalized spacial score (nSPS) is 11.8. The van der Waals surface area contributed by atoms with E-state index in [-0.39, 0.29) is 12.2 Å². The van der Waals surface area contributed by atoms with Gasteiger partial charge in [-0.1, -0.05) is 24.3 Å². The average molecular weight is 457 g/mol. The highest BCUT2D eigenvalue weighted by atomic mass is 19.3. The van der Waals surface area contributed by atoms with Crippen molar-refractivity contribution in [2.24, 2.45) is 0 Å². The minimum atomic E-state index is -2.61. The van der Waals surface area contributed by atoms with Crippen LogP contribution in [0.3, 0.4) is 0 Å². The molecule has 1 heterocycles. The Kier molecular flexibility index (Phi) is 8.57. The number of aldehydes is 1. The predicted molar refractivity (Wildman–Crippen MR) is 119 cm³/mol. The summed E-state index contributed by atoms with van der Waals surface area (Å²) in [5.74, 6) is 1.18. The van der Waals surface area contributed by atoms with Crippen LogP contribution in [0.4, 0.5) is 8.78 Å². The molecule has 0 N–H and O–H groups in total. The molecule has 1 aromatic heterocycles. The van der Waals surface area contributed by atoms with Crippen molar-refractivity contribution in [3.8, 4) is 28.7 Å². The Morgan fingerprint density at radius 2 is 1.94 bits per heavy atom. The maximum atomic E-state index is 12.7. The second-order valence-corrected chi connectivity index (χ2v) is 7.06. The van der Waals surface area contributed by atoms with Crippen molar-refractivity contribution in [2.45, 2.75) is 25.2 Å². The summed E-state index contributed by atoms with van der Waals surface area (Å²) in [5, 5.41) is 0. The Labute approximate surface area is 190 Å². The zero-order valence-corrected chi connectivity index (χ0v) is 18.2. The average Bonchev–Trinajstić information content (AvgIpc) is 3.31. The van der Waals surface area contributed by atoms with E-state index in [2.05, 4.69) is 11.6 Å². The third-order valence-electron chi connectivity index (χ3n) is 4.86. The number of benzene rings is 2. The number of para-hydroxylation sites is 1. The third-order valence-corrected chi connectivity index (χ3v) is 4.86. The van der Waals surface area contributed by atoms with Crippen molar-refractivity contribution >= 4 is 6.29 Å². The molecule has 0 radical (unpaired) electrons. The summed E-state index contributed by atoms with van der Waals surface area (Å²) in [6.07, 6.45) is 2.11. The molecule has 3 rings (SSSR count). The number of methoxy groups -OCH3 is 1. The first-order valence-corrected chi connectivity index (χ1v) is 10.4. The Balaban J connectivity index is 1.91. The molecule has 0 aliphatic heterocycles. The molecule has 0 fully saturated rings. The van der Waals surface area contributed by atoms with Crippen molar-refractivity contribution in [1.82, 2.24) is 4.98 Å². The van der Waals surface area contributed by atoms with Crippen molar-refractivity contribution in [3.63, 3.8) is 0 Å². The molecule has 8 heteroatoms. The van der Waals surface area contributed by atoms with Gasteiger partial charge in [0, 0.05) is 23.5 Å². The molecule has 0 aliphatic rings. The molecule has 2 aromatic carbocycles. The van der Waals surface area contributed by atoms with Crippen molar-refractivity contribution < 1.29 is 32.2 Å². The molecule has 0 spiro atoms. The van der Waals surface area contributed by atoms with Crippen LogP contribution in [0.1, 0.15) is 30.0 Å². The number of nitrogens with zero attached hydrogens (tertiary/aromatic N) is 1. The SMILES string of the molecule is C=CCCOc1cc(-c2nc(C(CC=O)c3ccccc3OCC(F)F)co2)ccc1OC. The number of oxazole rings is 1. The minimum Gasteiger partial charge on any atom is -0.493 e. The van der Waals surface area contributed by atoms with E-state index in [9.17, 15) is 13.6 Å². The summed E-state index contributed by atoms with van der Waals surface area (Å²) in [6.45, 7) is 3.38. The zero-order chi connectivity index (χ0) is 23.6. The lowest BCUT2D eigenvalue weighted by Gasteiger charge is -2.17. The molecule has 33 heavy (non-hydrogen) atoms. The Morgan fingerprint density at radius 3 is 2.67 bits per heavy atom. The van der Waals surface area contributed by atoms with Gasteiger partial charge in [-0.3, -0.25) is 0 Å². The van der Waals surface area contributed by atoms with Crippen LogP contribution in [0.25, 0.3) is 11.5 Å². The summed E-state index contributed by atoms with van der Waals surface area (Å²) in [6, 6.07) is 12.0. The lowest BCUT2D eigenvalue weighted by Crippen LogP contribution is -2.11. The smallest absolute Gasteiger partial charge is 0.272 e. The fraction of sp³-hybridized carbons (Fsp3) is 0.280. The summed E-state index contributed by atoms with van der Waals surface area (Å²) in [5.41, 5.74) is 1.71. The van der Waals surface area contributed by atoms with Gasteiger partial charge in [0.2, 0.25) is 5.89 Å². The number of alkyl halides is 2. The highest BCUT2D eigenvalue weighted by Gasteiger charge is 2.23. The fourth-order valence-electron chi connectivity index (χ4n) is 3.31. The number of hydrogen-bond acceptors (Lipinski definition) is 6. The Bertz CT molecular complexity index is 1070. The number of hydrogen-bond donors (Lipinski definition) is 0. The van der Waals surface area contributed by atoms with Gasteiger partial charge in [-0.05, 0) is 30.7 Å². The monoisotopic (exact) mass is 457 g/mol. The number of carbonyl (C=O) groups is 1. The predicted octanol–water partition coefficient (Wildman–Crippen LogP) is 5.67. The molecular weight excluding hydrogens is 432 g/mol. The first kappa shape index (κ1) is 24.0. The van der Waals surface area contributed by atoms with E-state index in [4.69, 9.17) is 18.6 Å². The molecular formula is C25H25F2NO5. The first-order valence-electron chi connectivity index (χ1n) is 10.4. The molecule has 0 saturated carbocycles. The van der Waals surface area contributed by atoms with E-state index in [0.29, 0.717) is 47.2 Å². The van der Waals surface area contributed by atoms with E-state index in [1.807, 2.05) is 0 Å². The van der Waals surface area contributed by atoms with Gasteiger partial charge in [0.05, 0.1) is 19.4 Å². The lowest BCUT2D eigenvalue weighted by atomic mass is 9.92. The minimum absolute atomic E-state index is 0.0829. The second kappa shape index (κ2) is 11.8. The summed E-state index contributed by atoms with van der Waals surface area (Å²) in [7, 11) is 1.55. The number of halogens is 2. The number of ether oxygens (including phenoxy) is 3. The molecule has 0 bridgehead atoms. The maximum absolute atomic E-state index is 12.7. The molecule has 1 atom stereocenters. The van der Waals surface area contributed by atoms with Crippen LogP contribution in [0.15, 0.2) is 65.8 Å². The summed E-state index contributed by atoms with van der Waals surface area (Å²) in [4.78, 5) is 16.0. The van der Waals surface area contributed by atoms with Gasteiger partial charge in [-0.25, -0.2) is 13.8 Å². The second-order valence-electron chi connectivity index (χ2n) is 7.06. The van der Waals surface area contributed by atoms with Gasteiger partial charge < -0.3 is 23.4 Å². The molecule has 0 aliphatic carbocycles. The summed E-state index contributed by atoms with van der Waals surface area (Å²) >= 11 is 0. The third kappa shape index (κ3) is 6.19. The first-order chi connectivity index (χ1) is 16.1. The lowest BCUT2D eigenvalue weighted by molar-refractivity contribution is -0.108. The molecule has 1 unspecified atom stereocenters. The van der Waals surface area contributed by atoms with Crippen molar-refractivity contribution in [3.05, 3.63) is 72.6 Å². The molecule has 3 aromatic rings. The molecule has 0 amide bonds. The van der Waals surface area contributed by atoms with Gasteiger partial charge in [-0.15, -0.1) is 6.58 Å². The van der Waals surface area contributed by atoms with Crippen LogP contribution in [0.5, 0.6) is 17.2 Å². The van der Waals surface area contributed by atoms with Gasteiger partial charge in [0.1, 0.15) is 24.9 Å². The highest BCUT2D eigenvalue weighted by Crippen LogP contribution is 2.36. The quantitative estimate of drug-likeness (QED) is 0.187. The van der Waals surface area contributed by atoms with E-state index in [1.54, 1.807) is 55.7 Å². The number of aromatic nitrogens is 1. The Hall–Kier alpha value is -3.68. The van der Waals surface area contributed by atoms with Gasteiger partial charge >= 0.3 is 0 Å². The van der Waals surface area contributed by atoms with E-state index in [0.717, 1.165) is 6.29 Å². The topological polar surface area (TPSA) is 70.8 Å². The van der Waals surface area contributed by atoms with Crippen LogP contribution >= 0.6 is 0 Å². The van der Waals surface area contributed by atoms with Crippen LogP contribution in [0, 0.1) is 0 Å². The van der Waals surface area contributed by atoms with E-state index < -0.39 is 19.0 Å². The van der Waals surface area contributed by atoms with Crippen LogP contribution in [0.2, 0.25) is 0 Å². The molecule has 0 saturated heterocycles.